The standard InChI is InChI=1S/C33H43NO4/c1-5-6-21-7-13-25-23(19-21)10-14-26-28-15-16-29(38-31(37)18-17-30(35)36)33(28,2)20-27(32(25)26)22-8-11-24(12-9-22)34(3)4/h5-6,8-9,11-12,19,21,26-29H,7,10,13-18,20H2,1-4H3,(H,35,36)/b6-5-/t21?,26?,27-,28?,29-,33+/m1/s1. The predicted molar refractivity (Wildman–Crippen MR) is 151 cm³/mol. The van der Waals surface area contributed by atoms with E-state index in [0.29, 0.717) is 23.7 Å². The molecule has 4 aliphatic rings. The normalized spacial score (nSPS) is 32.3. The van der Waals surface area contributed by atoms with Gasteiger partial charge in [0.05, 0.1) is 12.8 Å². The van der Waals surface area contributed by atoms with Crippen LogP contribution in [0.3, 0.4) is 0 Å². The summed E-state index contributed by atoms with van der Waals surface area (Å²) in [6.45, 7) is 4.46. The van der Waals surface area contributed by atoms with Crippen LogP contribution < -0.4 is 4.90 Å². The summed E-state index contributed by atoms with van der Waals surface area (Å²) in [6.07, 6.45) is 14.2. The molecule has 204 valence electrons. The number of carboxylic acid groups (broad SMARTS) is 1. The second kappa shape index (κ2) is 10.7. The second-order valence-electron chi connectivity index (χ2n) is 12.3. The summed E-state index contributed by atoms with van der Waals surface area (Å²) in [5.74, 6) is 0.542. The van der Waals surface area contributed by atoms with Gasteiger partial charge in [0.15, 0.2) is 0 Å². The summed E-state index contributed by atoms with van der Waals surface area (Å²) >= 11 is 0. The molecule has 5 heteroatoms. The number of aliphatic carboxylic acids is 1. The molecular weight excluding hydrogens is 474 g/mol. The smallest absolute Gasteiger partial charge is 0.306 e. The van der Waals surface area contributed by atoms with Gasteiger partial charge in [-0.1, -0.05) is 42.9 Å². The minimum Gasteiger partial charge on any atom is -0.481 e. The number of rotatable bonds is 7. The highest BCUT2D eigenvalue weighted by molar-refractivity contribution is 5.76. The summed E-state index contributed by atoms with van der Waals surface area (Å²) < 4.78 is 6.05. The summed E-state index contributed by atoms with van der Waals surface area (Å²) in [7, 11) is 4.15. The molecule has 5 nitrogen and oxygen atoms in total. The lowest BCUT2D eigenvalue weighted by Crippen LogP contribution is -2.46. The Kier molecular flexibility index (Phi) is 7.57. The molecule has 38 heavy (non-hydrogen) atoms. The van der Waals surface area contributed by atoms with Crippen LogP contribution in [0, 0.1) is 23.2 Å². The lowest BCUT2D eigenvalue weighted by Gasteiger charge is -2.52. The summed E-state index contributed by atoms with van der Waals surface area (Å²) in [5.41, 5.74) is 7.31. The van der Waals surface area contributed by atoms with Crippen molar-refractivity contribution in [1.29, 1.82) is 0 Å². The third-order valence-electron chi connectivity index (χ3n) is 9.90. The van der Waals surface area contributed by atoms with Crippen LogP contribution in [0.15, 0.2) is 59.2 Å². The molecule has 5 rings (SSSR count). The van der Waals surface area contributed by atoms with Gasteiger partial charge in [0, 0.05) is 31.1 Å². The fraction of sp³-hybridized carbons (Fsp3) is 0.576. The van der Waals surface area contributed by atoms with Gasteiger partial charge in [0.2, 0.25) is 0 Å². The highest BCUT2D eigenvalue weighted by Crippen LogP contribution is 2.64. The van der Waals surface area contributed by atoms with E-state index in [9.17, 15) is 9.59 Å². The zero-order valence-corrected chi connectivity index (χ0v) is 23.4. The van der Waals surface area contributed by atoms with Gasteiger partial charge in [0.1, 0.15) is 6.10 Å². The van der Waals surface area contributed by atoms with Crippen LogP contribution in [0.4, 0.5) is 5.69 Å². The van der Waals surface area contributed by atoms with Crippen LogP contribution in [-0.4, -0.2) is 37.2 Å². The molecule has 0 bridgehead atoms. The number of benzene rings is 1. The first-order chi connectivity index (χ1) is 18.2. The van der Waals surface area contributed by atoms with Gasteiger partial charge >= 0.3 is 11.9 Å². The number of nitrogens with zero attached hydrogens (tertiary/aromatic N) is 1. The lowest BCUT2D eigenvalue weighted by atomic mass is 9.53. The molecule has 0 spiro atoms. The Morgan fingerprint density at radius 2 is 1.84 bits per heavy atom. The van der Waals surface area contributed by atoms with Crippen molar-refractivity contribution in [2.45, 2.75) is 83.7 Å². The highest BCUT2D eigenvalue weighted by Gasteiger charge is 2.58. The summed E-state index contributed by atoms with van der Waals surface area (Å²) in [5, 5.41) is 9.02. The molecule has 0 radical (unpaired) electrons. The quantitative estimate of drug-likeness (QED) is 0.310. The number of hydrogen-bond acceptors (Lipinski definition) is 4. The number of carbonyl (C=O) groups excluding carboxylic acids is 1. The Balaban J connectivity index is 1.52. The average Bonchev–Trinajstić information content (AvgIpc) is 3.22. The van der Waals surface area contributed by atoms with Crippen molar-refractivity contribution in [3.05, 3.63) is 64.8 Å². The number of allylic oxidation sites excluding steroid dienone is 6. The second-order valence-corrected chi connectivity index (χ2v) is 12.3. The molecule has 3 unspecified atom stereocenters. The maximum Gasteiger partial charge on any atom is 0.306 e. The van der Waals surface area contributed by atoms with Crippen molar-refractivity contribution >= 4 is 17.6 Å². The lowest BCUT2D eigenvalue weighted by molar-refractivity contribution is -0.158. The van der Waals surface area contributed by atoms with Crippen LogP contribution >= 0.6 is 0 Å². The first-order valence-electron chi connectivity index (χ1n) is 14.5. The third kappa shape index (κ3) is 4.97. The zero-order chi connectivity index (χ0) is 27.0. The fourth-order valence-electron chi connectivity index (χ4n) is 8.10. The molecule has 1 aromatic rings. The van der Waals surface area contributed by atoms with Crippen LogP contribution in [0.1, 0.15) is 83.1 Å². The molecule has 0 heterocycles. The molecular formula is C33H43NO4. The zero-order valence-electron chi connectivity index (χ0n) is 23.4. The van der Waals surface area contributed by atoms with Crippen molar-refractivity contribution in [1.82, 2.24) is 0 Å². The topological polar surface area (TPSA) is 66.8 Å². The highest BCUT2D eigenvalue weighted by atomic mass is 16.5. The van der Waals surface area contributed by atoms with E-state index in [1.54, 1.807) is 16.7 Å². The van der Waals surface area contributed by atoms with Crippen molar-refractivity contribution in [2.24, 2.45) is 23.2 Å². The maximum atomic E-state index is 12.6. The van der Waals surface area contributed by atoms with E-state index < -0.39 is 5.97 Å². The first-order valence-corrected chi connectivity index (χ1v) is 14.5. The molecule has 4 aliphatic carbocycles. The fourth-order valence-corrected chi connectivity index (χ4v) is 8.10. The van der Waals surface area contributed by atoms with Gasteiger partial charge in [-0.2, -0.15) is 0 Å². The van der Waals surface area contributed by atoms with E-state index in [4.69, 9.17) is 9.84 Å². The van der Waals surface area contributed by atoms with E-state index in [1.165, 1.54) is 24.1 Å². The Labute approximate surface area is 227 Å². The summed E-state index contributed by atoms with van der Waals surface area (Å²) in [6, 6.07) is 9.07. The van der Waals surface area contributed by atoms with Crippen LogP contribution in [-0.2, 0) is 14.3 Å². The molecule has 2 saturated carbocycles. The molecule has 1 aromatic carbocycles. The van der Waals surface area contributed by atoms with Gasteiger partial charge in [-0.3, -0.25) is 9.59 Å². The number of esters is 1. The number of ether oxygens (including phenoxy) is 1. The van der Waals surface area contributed by atoms with Gasteiger partial charge in [-0.15, -0.1) is 0 Å². The van der Waals surface area contributed by atoms with Crippen LogP contribution in [0.5, 0.6) is 0 Å². The van der Waals surface area contributed by atoms with Gasteiger partial charge < -0.3 is 14.7 Å². The molecule has 0 aromatic heterocycles. The largest absolute Gasteiger partial charge is 0.481 e. The molecule has 1 N–H and O–H groups in total. The molecule has 2 fully saturated rings. The predicted octanol–water partition coefficient (Wildman–Crippen LogP) is 7.05. The molecule has 6 atom stereocenters. The van der Waals surface area contributed by atoms with Crippen molar-refractivity contribution in [2.75, 3.05) is 19.0 Å². The Morgan fingerprint density at radius 3 is 2.53 bits per heavy atom. The Hall–Kier alpha value is -2.82. The van der Waals surface area contributed by atoms with E-state index >= 15 is 0 Å². The van der Waals surface area contributed by atoms with Gasteiger partial charge in [-0.05, 0) is 98.5 Å². The van der Waals surface area contributed by atoms with Crippen molar-refractivity contribution < 1.29 is 19.4 Å². The van der Waals surface area contributed by atoms with Crippen LogP contribution in [0.2, 0.25) is 0 Å². The van der Waals surface area contributed by atoms with Gasteiger partial charge in [0.25, 0.3) is 0 Å². The van der Waals surface area contributed by atoms with Crippen molar-refractivity contribution in [3.8, 4) is 0 Å². The minimum atomic E-state index is -0.956. The van der Waals surface area contributed by atoms with Crippen LogP contribution in [0.25, 0.3) is 0 Å². The number of anilines is 1. The number of fused-ring (bicyclic) bond motifs is 4. The van der Waals surface area contributed by atoms with Gasteiger partial charge in [-0.25, -0.2) is 0 Å². The van der Waals surface area contributed by atoms with E-state index in [1.807, 2.05) is 0 Å². The average molecular weight is 518 g/mol. The third-order valence-corrected chi connectivity index (χ3v) is 9.90. The monoisotopic (exact) mass is 517 g/mol. The molecule has 0 aliphatic heterocycles. The minimum absolute atomic E-state index is 0.0533. The molecule has 0 saturated heterocycles. The number of hydrogen-bond donors (Lipinski definition) is 1. The SMILES string of the molecule is C/C=C\C1C=C2CCC3C(=C2CC1)[C@@H](c1ccc(N(C)C)cc1)C[C@@]1(C)C3CC[C@H]1OC(=O)CCC(=O)O. The first kappa shape index (κ1) is 26.8. The molecule has 0 amide bonds. The Bertz CT molecular complexity index is 1160. The maximum absolute atomic E-state index is 12.6. The number of carboxylic acids is 1. The van der Waals surface area contributed by atoms with E-state index in [0.717, 1.165) is 32.1 Å². The van der Waals surface area contributed by atoms with E-state index in [-0.39, 0.29) is 30.3 Å². The summed E-state index contributed by atoms with van der Waals surface area (Å²) in [4.78, 5) is 25.8. The number of carbonyl (C=O) groups is 2. The Morgan fingerprint density at radius 1 is 1.08 bits per heavy atom. The van der Waals surface area contributed by atoms with E-state index in [2.05, 4.69) is 75.3 Å². The van der Waals surface area contributed by atoms with Crippen molar-refractivity contribution in [3.63, 3.8) is 0 Å².